The number of phosphoric ester groups is 1. The first-order chi connectivity index (χ1) is 9.62. The van der Waals surface area contributed by atoms with Gasteiger partial charge in [0.15, 0.2) is 0 Å². The Kier molecular flexibility index (Phi) is 8.30. The molecule has 0 saturated carbocycles. The average molecular weight is 344 g/mol. The zero-order chi connectivity index (χ0) is 16.5. The van der Waals surface area contributed by atoms with Crippen molar-refractivity contribution in [2.75, 3.05) is 13.5 Å². The highest BCUT2D eigenvalue weighted by Crippen LogP contribution is 2.60. The SMILES string of the molecule is C=CC(=O)NCOP(=O)(OCNC(=O)C=C)OP(=O)(O)O. The van der Waals surface area contributed by atoms with Gasteiger partial charge in [-0.25, -0.2) is 9.13 Å². The van der Waals surface area contributed by atoms with Gasteiger partial charge in [-0.2, -0.15) is 4.31 Å². The van der Waals surface area contributed by atoms with E-state index in [0.29, 0.717) is 0 Å². The standard InChI is InChI=1S/C8H14N2O9P2/c1-3-7(11)9-5-17-21(16,19-20(13,14)15)18-6-10-8(12)4-2/h3-4H,1-2,5-6H2,(H,9,11)(H,10,12)(H2,13,14,15). The van der Waals surface area contributed by atoms with Gasteiger partial charge >= 0.3 is 15.6 Å². The Morgan fingerprint density at radius 3 is 1.67 bits per heavy atom. The van der Waals surface area contributed by atoms with Gasteiger partial charge in [0.1, 0.15) is 13.5 Å². The summed E-state index contributed by atoms with van der Waals surface area (Å²) in [5.41, 5.74) is 0. The maximum absolute atomic E-state index is 11.9. The van der Waals surface area contributed by atoms with Crippen molar-refractivity contribution in [2.24, 2.45) is 0 Å². The molecule has 0 aromatic carbocycles. The summed E-state index contributed by atoms with van der Waals surface area (Å²) in [6, 6.07) is 0. The molecule has 0 aromatic heterocycles. The van der Waals surface area contributed by atoms with Crippen LogP contribution in [0.15, 0.2) is 25.3 Å². The van der Waals surface area contributed by atoms with Crippen LogP contribution in [0.5, 0.6) is 0 Å². The van der Waals surface area contributed by atoms with Crippen molar-refractivity contribution in [2.45, 2.75) is 0 Å². The number of phosphoric acid groups is 2. The lowest BCUT2D eigenvalue weighted by Crippen LogP contribution is -2.26. The first-order valence-electron chi connectivity index (χ1n) is 5.08. The molecule has 0 aliphatic rings. The van der Waals surface area contributed by atoms with Gasteiger partial charge < -0.3 is 20.4 Å². The van der Waals surface area contributed by atoms with Crippen LogP contribution in [-0.4, -0.2) is 35.1 Å². The Labute approximate surface area is 119 Å². The van der Waals surface area contributed by atoms with Gasteiger partial charge in [-0.05, 0) is 12.2 Å². The third-order valence-corrected chi connectivity index (χ3v) is 4.06. The maximum atomic E-state index is 11.9. The first-order valence-corrected chi connectivity index (χ1v) is 8.07. The minimum atomic E-state index is -5.21. The van der Waals surface area contributed by atoms with Gasteiger partial charge in [-0.15, -0.1) is 0 Å². The van der Waals surface area contributed by atoms with Gasteiger partial charge in [0, 0.05) is 0 Å². The lowest BCUT2D eigenvalue weighted by atomic mass is 10.6. The number of hydrogen-bond acceptors (Lipinski definition) is 7. The molecular formula is C8H14N2O9P2. The highest BCUT2D eigenvalue weighted by Gasteiger charge is 2.36. The third kappa shape index (κ3) is 10.1. The average Bonchev–Trinajstić information content (AvgIpc) is 2.35. The van der Waals surface area contributed by atoms with E-state index in [1.807, 2.05) is 10.6 Å². The molecule has 0 aliphatic carbocycles. The molecule has 0 atom stereocenters. The predicted octanol–water partition coefficient (Wildman–Crippen LogP) is -0.244. The molecule has 2 amide bonds. The third-order valence-electron chi connectivity index (χ3n) is 1.52. The fourth-order valence-electron chi connectivity index (χ4n) is 0.724. The van der Waals surface area contributed by atoms with Crippen LogP contribution in [0.2, 0.25) is 0 Å². The van der Waals surface area contributed by atoms with Gasteiger partial charge in [0.2, 0.25) is 11.8 Å². The number of amides is 2. The topological polar surface area (TPSA) is 160 Å². The van der Waals surface area contributed by atoms with Crippen molar-refractivity contribution in [3.8, 4) is 0 Å². The summed E-state index contributed by atoms with van der Waals surface area (Å²) in [6.07, 6.45) is 1.76. The summed E-state index contributed by atoms with van der Waals surface area (Å²) in [5.74, 6) is -1.39. The summed E-state index contributed by atoms with van der Waals surface area (Å²) < 4.78 is 35.3. The monoisotopic (exact) mass is 344 g/mol. The van der Waals surface area contributed by atoms with Crippen molar-refractivity contribution >= 4 is 27.5 Å². The Bertz CT molecular complexity index is 470. The van der Waals surface area contributed by atoms with E-state index < -0.39 is 40.9 Å². The summed E-state index contributed by atoms with van der Waals surface area (Å²) >= 11 is 0. The Hall–Kier alpha value is -1.32. The van der Waals surface area contributed by atoms with Crippen molar-refractivity contribution in [1.82, 2.24) is 10.6 Å². The summed E-state index contributed by atoms with van der Waals surface area (Å²) in [6.45, 7) is 4.79. The number of nitrogens with one attached hydrogen (secondary N) is 2. The van der Waals surface area contributed by atoms with Crippen LogP contribution in [0.4, 0.5) is 0 Å². The van der Waals surface area contributed by atoms with E-state index >= 15 is 0 Å². The molecule has 0 spiro atoms. The number of carbonyl (C=O) groups is 2. The van der Waals surface area contributed by atoms with E-state index in [9.17, 15) is 18.7 Å². The van der Waals surface area contributed by atoms with Crippen molar-refractivity contribution in [3.63, 3.8) is 0 Å². The fraction of sp³-hybridized carbons (Fsp3) is 0.250. The second-order valence-electron chi connectivity index (χ2n) is 3.06. The largest absolute Gasteiger partial charge is 0.487 e. The van der Waals surface area contributed by atoms with Crippen LogP contribution in [0.3, 0.4) is 0 Å². The molecule has 21 heavy (non-hydrogen) atoms. The maximum Gasteiger partial charge on any atom is 0.487 e. The number of hydrogen-bond donors (Lipinski definition) is 4. The van der Waals surface area contributed by atoms with Crippen LogP contribution in [-0.2, 0) is 32.1 Å². The quantitative estimate of drug-likeness (QED) is 0.238. The van der Waals surface area contributed by atoms with Gasteiger partial charge in [0.25, 0.3) is 0 Å². The van der Waals surface area contributed by atoms with E-state index in [4.69, 9.17) is 9.79 Å². The van der Waals surface area contributed by atoms with Crippen LogP contribution in [0, 0.1) is 0 Å². The highest BCUT2D eigenvalue weighted by molar-refractivity contribution is 7.61. The molecular weight excluding hydrogens is 330 g/mol. The molecule has 120 valence electrons. The summed E-state index contributed by atoms with van der Waals surface area (Å²) in [7, 11) is -9.94. The van der Waals surface area contributed by atoms with E-state index in [0.717, 1.165) is 12.2 Å². The molecule has 0 aromatic rings. The van der Waals surface area contributed by atoms with Crippen molar-refractivity contribution in [3.05, 3.63) is 25.3 Å². The van der Waals surface area contributed by atoms with Gasteiger partial charge in [-0.1, -0.05) is 13.2 Å². The second-order valence-corrected chi connectivity index (χ2v) is 6.10. The van der Waals surface area contributed by atoms with Crippen LogP contribution in [0.25, 0.3) is 0 Å². The molecule has 4 N–H and O–H groups in total. The second kappa shape index (κ2) is 8.85. The lowest BCUT2D eigenvalue weighted by Gasteiger charge is -2.18. The molecule has 0 radical (unpaired) electrons. The molecule has 0 saturated heterocycles. The molecule has 0 bridgehead atoms. The number of carbonyl (C=O) groups excluding carboxylic acids is 2. The molecule has 0 fully saturated rings. The van der Waals surface area contributed by atoms with Crippen molar-refractivity contribution in [1.29, 1.82) is 0 Å². The summed E-state index contributed by atoms with van der Waals surface area (Å²) in [4.78, 5) is 38.9. The zero-order valence-corrected chi connectivity index (χ0v) is 12.4. The minimum Gasteiger partial charge on any atom is -0.329 e. The predicted molar refractivity (Wildman–Crippen MR) is 69.3 cm³/mol. The number of rotatable bonds is 10. The molecule has 13 heteroatoms. The Morgan fingerprint density at radius 1 is 1.00 bits per heavy atom. The molecule has 0 aliphatic heterocycles. The van der Waals surface area contributed by atoms with E-state index in [2.05, 4.69) is 26.5 Å². The van der Waals surface area contributed by atoms with E-state index in [-0.39, 0.29) is 0 Å². The van der Waals surface area contributed by atoms with Crippen LogP contribution < -0.4 is 10.6 Å². The lowest BCUT2D eigenvalue weighted by molar-refractivity contribution is -0.117. The van der Waals surface area contributed by atoms with Crippen molar-refractivity contribution < 1.29 is 41.9 Å². The van der Waals surface area contributed by atoms with E-state index in [1.165, 1.54) is 0 Å². The minimum absolute atomic E-state index is 0.697. The molecule has 0 unspecified atom stereocenters. The van der Waals surface area contributed by atoms with Crippen LogP contribution >= 0.6 is 15.6 Å². The molecule has 0 heterocycles. The Morgan fingerprint density at radius 2 is 1.38 bits per heavy atom. The first kappa shape index (κ1) is 19.7. The molecule has 0 rings (SSSR count). The van der Waals surface area contributed by atoms with E-state index in [1.54, 1.807) is 0 Å². The van der Waals surface area contributed by atoms with Crippen LogP contribution in [0.1, 0.15) is 0 Å². The van der Waals surface area contributed by atoms with Gasteiger partial charge in [-0.3, -0.25) is 18.6 Å². The highest BCUT2D eigenvalue weighted by atomic mass is 31.3. The zero-order valence-electron chi connectivity index (χ0n) is 10.6. The Balaban J connectivity index is 4.61. The normalized spacial score (nSPS) is 11.5. The fourth-order valence-corrected chi connectivity index (χ4v) is 2.66. The molecule has 11 nitrogen and oxygen atoms in total. The van der Waals surface area contributed by atoms with Gasteiger partial charge in [0.05, 0.1) is 0 Å². The smallest absolute Gasteiger partial charge is 0.329 e. The summed E-state index contributed by atoms with van der Waals surface area (Å²) in [5, 5.41) is 4.03.